The molecule has 0 aliphatic carbocycles. The van der Waals surface area contributed by atoms with Crippen molar-refractivity contribution in [3.8, 4) is 12.5 Å². The zero-order chi connectivity index (χ0) is 4.12. The molecular weight excluding hydrogens is 96.1 g/mol. The van der Waals surface area contributed by atoms with Crippen LogP contribution in [0.4, 0.5) is 0 Å². The SMILES string of the molecule is N#COC#N.[SiH4]. The summed E-state index contributed by atoms with van der Waals surface area (Å²) in [5.41, 5.74) is 0. The van der Waals surface area contributed by atoms with Crippen molar-refractivity contribution in [1.29, 1.82) is 10.5 Å². The lowest BCUT2D eigenvalue weighted by Crippen LogP contribution is -1.55. The second kappa shape index (κ2) is 9.00. The van der Waals surface area contributed by atoms with Gasteiger partial charge < -0.3 is 4.74 Å². The first-order valence-electron chi connectivity index (χ1n) is 0.855. The Labute approximate surface area is 39.8 Å². The van der Waals surface area contributed by atoms with E-state index in [1.807, 2.05) is 0 Å². The number of hydrogen-bond acceptors (Lipinski definition) is 3. The Kier molecular flexibility index (Phi) is 13.3. The molecule has 0 unspecified atom stereocenters. The normalized spacial score (nSPS) is 3.00. The van der Waals surface area contributed by atoms with Crippen molar-refractivity contribution in [3.63, 3.8) is 0 Å². The van der Waals surface area contributed by atoms with Gasteiger partial charge in [0.1, 0.15) is 0 Å². The Morgan fingerprint density at radius 1 is 1.17 bits per heavy atom. The molecule has 3 nitrogen and oxygen atoms in total. The van der Waals surface area contributed by atoms with Crippen LogP contribution < -0.4 is 0 Å². The molecule has 0 atom stereocenters. The molecule has 0 saturated heterocycles. The molecule has 0 aromatic heterocycles. The fraction of sp³-hybridized carbons (Fsp3) is 0. The maximum atomic E-state index is 7.37. The van der Waals surface area contributed by atoms with Crippen molar-refractivity contribution in [2.75, 3.05) is 0 Å². The maximum Gasteiger partial charge on any atom is 0.303 e. The Morgan fingerprint density at radius 2 is 1.50 bits per heavy atom. The zero-order valence-corrected chi connectivity index (χ0v) is 2.30. The quantitative estimate of drug-likeness (QED) is 0.275. The topological polar surface area (TPSA) is 56.8 Å². The number of ether oxygens (including phenoxy) is 1. The molecule has 0 aliphatic rings. The van der Waals surface area contributed by atoms with Crippen molar-refractivity contribution in [2.45, 2.75) is 0 Å². The first-order valence-corrected chi connectivity index (χ1v) is 0.855. The van der Waals surface area contributed by atoms with Gasteiger partial charge in [-0.3, -0.25) is 0 Å². The molecule has 32 valence electrons. The minimum atomic E-state index is 0. The highest BCUT2D eigenvalue weighted by Crippen LogP contribution is 1.50. The molecule has 0 radical (unpaired) electrons. The molecule has 0 rings (SSSR count). The summed E-state index contributed by atoms with van der Waals surface area (Å²) in [6, 6.07) is 0. The molecule has 0 heterocycles. The zero-order valence-electron chi connectivity index (χ0n) is 2.30. The molecule has 0 aromatic rings. The third kappa shape index (κ3) is 12.0. The van der Waals surface area contributed by atoms with Crippen molar-refractivity contribution < 1.29 is 4.74 Å². The minimum absolute atomic E-state index is 0. The highest BCUT2D eigenvalue weighted by Gasteiger charge is 1.57. The molecule has 4 heteroatoms. The van der Waals surface area contributed by atoms with Crippen molar-refractivity contribution in [3.05, 3.63) is 0 Å². The monoisotopic (exact) mass is 100 g/mol. The van der Waals surface area contributed by atoms with Crippen LogP contribution in [-0.4, -0.2) is 11.0 Å². The molecule has 0 aromatic carbocycles. The predicted octanol–water partition coefficient (Wildman–Crippen LogP) is -1.49. The van der Waals surface area contributed by atoms with E-state index < -0.39 is 0 Å². The van der Waals surface area contributed by atoms with Gasteiger partial charge in [0.15, 0.2) is 0 Å². The van der Waals surface area contributed by atoms with Gasteiger partial charge in [0.25, 0.3) is 0 Å². The molecule has 0 bridgehead atoms. The smallest absolute Gasteiger partial charge is 0.303 e. The summed E-state index contributed by atoms with van der Waals surface area (Å²) in [7, 11) is 0. The summed E-state index contributed by atoms with van der Waals surface area (Å²) in [4.78, 5) is 0. The van der Waals surface area contributed by atoms with Gasteiger partial charge in [-0.05, 0) is 11.0 Å². The van der Waals surface area contributed by atoms with Crippen molar-refractivity contribution in [2.24, 2.45) is 0 Å². The third-order valence-electron chi connectivity index (χ3n) is 0.0913. The summed E-state index contributed by atoms with van der Waals surface area (Å²) >= 11 is 0. The average Bonchev–Trinajstić information content (AvgIpc) is 1.41. The van der Waals surface area contributed by atoms with Crippen LogP contribution in [0.5, 0.6) is 0 Å². The lowest BCUT2D eigenvalue weighted by Gasteiger charge is -1.55. The standard InChI is InChI=1S/C2N2O.H4Si/c3-1-5-2-4;/h;1H4. The summed E-state index contributed by atoms with van der Waals surface area (Å²) in [5.74, 6) is 0. The molecule has 0 amide bonds. The molecule has 0 aliphatic heterocycles. The van der Waals surface area contributed by atoms with Crippen LogP contribution in [0.2, 0.25) is 0 Å². The van der Waals surface area contributed by atoms with Crippen LogP contribution in [0.1, 0.15) is 0 Å². The van der Waals surface area contributed by atoms with Crippen LogP contribution >= 0.6 is 0 Å². The highest BCUT2D eigenvalue weighted by molar-refractivity contribution is 5.75. The lowest BCUT2D eigenvalue weighted by atomic mass is 11.4. The van der Waals surface area contributed by atoms with Gasteiger partial charge in [0.2, 0.25) is 0 Å². The first kappa shape index (κ1) is 8.89. The van der Waals surface area contributed by atoms with Crippen LogP contribution in [0.25, 0.3) is 0 Å². The molecule has 0 spiro atoms. The number of nitriles is 2. The van der Waals surface area contributed by atoms with Gasteiger partial charge in [-0.25, -0.2) is 0 Å². The van der Waals surface area contributed by atoms with E-state index in [0.717, 1.165) is 12.5 Å². The molecule has 0 fully saturated rings. The van der Waals surface area contributed by atoms with E-state index in [0.29, 0.717) is 0 Å². The molecule has 0 N–H and O–H groups in total. The van der Waals surface area contributed by atoms with E-state index in [2.05, 4.69) is 4.74 Å². The van der Waals surface area contributed by atoms with E-state index >= 15 is 0 Å². The lowest BCUT2D eigenvalue weighted by molar-refractivity contribution is 0.455. The van der Waals surface area contributed by atoms with E-state index in [4.69, 9.17) is 10.5 Å². The van der Waals surface area contributed by atoms with E-state index in [-0.39, 0.29) is 11.0 Å². The largest absolute Gasteiger partial charge is 0.308 e. The number of hydrogen-bond donors (Lipinski definition) is 0. The fourth-order valence-corrected chi connectivity index (χ4v) is 0.0204. The van der Waals surface area contributed by atoms with Gasteiger partial charge in [0, 0.05) is 0 Å². The molecule has 0 saturated carbocycles. The maximum absolute atomic E-state index is 7.37. The van der Waals surface area contributed by atoms with Crippen molar-refractivity contribution >= 4 is 11.0 Å². The second-order valence-corrected chi connectivity index (χ2v) is 0.285. The summed E-state index contributed by atoms with van der Waals surface area (Å²) in [6.45, 7) is 0. The van der Waals surface area contributed by atoms with Crippen LogP contribution in [0.15, 0.2) is 0 Å². The minimum Gasteiger partial charge on any atom is -0.308 e. The Morgan fingerprint density at radius 3 is 1.50 bits per heavy atom. The highest BCUT2D eigenvalue weighted by atomic mass is 28.1. The Hall–Kier alpha value is -1.00. The first-order chi connectivity index (χ1) is 2.41. The van der Waals surface area contributed by atoms with Gasteiger partial charge >= 0.3 is 12.5 Å². The fourth-order valence-electron chi connectivity index (χ4n) is 0.0204. The van der Waals surface area contributed by atoms with E-state index in [1.54, 1.807) is 0 Å². The Bertz CT molecular complexity index is 76.7. The van der Waals surface area contributed by atoms with Crippen LogP contribution in [0, 0.1) is 23.0 Å². The Balaban J connectivity index is 0. The number of nitrogens with zero attached hydrogens (tertiary/aromatic N) is 2. The van der Waals surface area contributed by atoms with Crippen LogP contribution in [-0.2, 0) is 4.74 Å². The number of rotatable bonds is 0. The second-order valence-electron chi connectivity index (χ2n) is 0.285. The van der Waals surface area contributed by atoms with Crippen LogP contribution in [0.3, 0.4) is 0 Å². The van der Waals surface area contributed by atoms with Gasteiger partial charge in [-0.2, -0.15) is 0 Å². The van der Waals surface area contributed by atoms with Gasteiger partial charge in [0.05, 0.1) is 0 Å². The van der Waals surface area contributed by atoms with E-state index in [1.165, 1.54) is 0 Å². The van der Waals surface area contributed by atoms with Gasteiger partial charge in [-0.1, -0.05) is 0 Å². The van der Waals surface area contributed by atoms with Gasteiger partial charge in [-0.15, -0.1) is 10.5 Å². The molecule has 6 heavy (non-hydrogen) atoms. The van der Waals surface area contributed by atoms with Crippen molar-refractivity contribution in [1.82, 2.24) is 0 Å². The predicted molar refractivity (Wildman–Crippen MR) is 23.6 cm³/mol. The summed E-state index contributed by atoms with van der Waals surface area (Å²) < 4.78 is 3.44. The van der Waals surface area contributed by atoms with E-state index in [9.17, 15) is 0 Å². The third-order valence-corrected chi connectivity index (χ3v) is 0.0913. The summed E-state index contributed by atoms with van der Waals surface area (Å²) in [6.07, 6.45) is 2.31. The summed E-state index contributed by atoms with van der Waals surface area (Å²) in [5, 5.41) is 14.7. The average molecular weight is 100 g/mol. The molecular formula is C2H4N2OSi.